The molecule has 2 aromatic carbocycles. The van der Waals surface area contributed by atoms with Crippen molar-refractivity contribution < 1.29 is 4.79 Å². The van der Waals surface area contributed by atoms with E-state index < -0.39 is 0 Å². The van der Waals surface area contributed by atoms with Gasteiger partial charge in [0.15, 0.2) is 5.13 Å². The molecule has 3 aromatic rings. The van der Waals surface area contributed by atoms with Crippen molar-refractivity contribution in [2.24, 2.45) is 5.92 Å². The molecule has 0 aliphatic carbocycles. The van der Waals surface area contributed by atoms with E-state index in [4.69, 9.17) is 4.98 Å². The number of aryl methyl sites for hydroxylation is 1. The minimum Gasteiger partial charge on any atom is -0.352 e. The number of benzene rings is 2. The summed E-state index contributed by atoms with van der Waals surface area (Å²) in [6.45, 7) is 4.39. The van der Waals surface area contributed by atoms with Crippen molar-refractivity contribution in [1.82, 2.24) is 10.3 Å². The average molecular weight is 366 g/mol. The topological polar surface area (TPSA) is 45.2 Å². The van der Waals surface area contributed by atoms with Crippen LogP contribution >= 0.6 is 11.3 Å². The maximum Gasteiger partial charge on any atom is 0.225 e. The van der Waals surface area contributed by atoms with Gasteiger partial charge < -0.3 is 10.2 Å². The summed E-state index contributed by atoms with van der Waals surface area (Å²) in [5.41, 5.74) is 3.42. The van der Waals surface area contributed by atoms with Gasteiger partial charge in [-0.3, -0.25) is 4.79 Å². The summed E-state index contributed by atoms with van der Waals surface area (Å²) >= 11 is 1.71. The molecule has 1 aliphatic heterocycles. The Hall–Kier alpha value is -2.40. The zero-order valence-corrected chi connectivity index (χ0v) is 15.8. The third-order valence-electron chi connectivity index (χ3n) is 4.93. The zero-order chi connectivity index (χ0) is 17.9. The number of para-hydroxylation sites is 1. The van der Waals surface area contributed by atoms with Crippen LogP contribution in [-0.2, 0) is 11.3 Å². The Morgan fingerprint density at radius 2 is 2.04 bits per heavy atom. The lowest BCUT2D eigenvalue weighted by Crippen LogP contribution is -2.42. The molecule has 0 radical (unpaired) electrons. The fourth-order valence-electron chi connectivity index (χ4n) is 3.40. The number of carbonyl (C=O) groups is 1. The molecule has 1 saturated heterocycles. The minimum atomic E-state index is 0.0289. The van der Waals surface area contributed by atoms with Crippen LogP contribution in [-0.4, -0.2) is 24.0 Å². The summed E-state index contributed by atoms with van der Waals surface area (Å²) in [6, 6.07) is 16.5. The number of carbonyl (C=O) groups excluding carboxylic acids is 1. The molecule has 1 aliphatic rings. The predicted octanol–water partition coefficient (Wildman–Crippen LogP) is 4.14. The molecule has 2 heterocycles. The molecule has 26 heavy (non-hydrogen) atoms. The molecular formula is C21H23N3OS. The molecule has 0 unspecified atom stereocenters. The number of amides is 1. The van der Waals surface area contributed by atoms with Crippen LogP contribution in [0.5, 0.6) is 0 Å². The number of rotatable bonds is 4. The first-order valence-corrected chi connectivity index (χ1v) is 9.94. The Bertz CT molecular complexity index is 870. The summed E-state index contributed by atoms with van der Waals surface area (Å²) in [4.78, 5) is 19.6. The van der Waals surface area contributed by atoms with Crippen LogP contribution in [0.3, 0.4) is 0 Å². The second-order valence-corrected chi connectivity index (χ2v) is 7.96. The lowest BCUT2D eigenvalue weighted by atomic mass is 9.97. The van der Waals surface area contributed by atoms with Gasteiger partial charge in [-0.2, -0.15) is 0 Å². The number of piperidine rings is 1. The van der Waals surface area contributed by atoms with Crippen LogP contribution in [0.15, 0.2) is 48.5 Å². The highest BCUT2D eigenvalue weighted by Gasteiger charge is 2.27. The third kappa shape index (κ3) is 3.73. The number of aromatic nitrogens is 1. The van der Waals surface area contributed by atoms with Gasteiger partial charge in [-0.15, -0.1) is 0 Å². The molecular weight excluding hydrogens is 342 g/mol. The van der Waals surface area contributed by atoms with Gasteiger partial charge in [0, 0.05) is 19.6 Å². The molecule has 5 heteroatoms. The largest absolute Gasteiger partial charge is 0.352 e. The maximum absolute atomic E-state index is 12.6. The van der Waals surface area contributed by atoms with Crippen molar-refractivity contribution in [3.63, 3.8) is 0 Å². The number of nitrogens with zero attached hydrogens (tertiary/aromatic N) is 2. The van der Waals surface area contributed by atoms with Crippen molar-refractivity contribution in [3.05, 3.63) is 59.7 Å². The number of thiazole rings is 1. The van der Waals surface area contributed by atoms with E-state index in [9.17, 15) is 4.79 Å². The summed E-state index contributed by atoms with van der Waals surface area (Å²) in [5, 5.41) is 4.13. The second-order valence-electron chi connectivity index (χ2n) is 6.95. The third-order valence-corrected chi connectivity index (χ3v) is 6.03. The smallest absolute Gasteiger partial charge is 0.225 e. The van der Waals surface area contributed by atoms with Crippen molar-refractivity contribution in [3.8, 4) is 0 Å². The molecule has 1 fully saturated rings. The molecule has 134 valence electrons. The maximum atomic E-state index is 12.6. The summed E-state index contributed by atoms with van der Waals surface area (Å²) in [6.07, 6.45) is 1.97. The van der Waals surface area contributed by atoms with Gasteiger partial charge in [-0.05, 0) is 37.5 Å². The Balaban J connectivity index is 1.39. The zero-order valence-electron chi connectivity index (χ0n) is 14.9. The Kier molecular flexibility index (Phi) is 4.89. The van der Waals surface area contributed by atoms with Gasteiger partial charge >= 0.3 is 0 Å². The lowest BCUT2D eigenvalue weighted by Gasteiger charge is -2.31. The molecule has 1 N–H and O–H groups in total. The van der Waals surface area contributed by atoms with Gasteiger partial charge in [0.1, 0.15) is 0 Å². The first kappa shape index (κ1) is 17.0. The fourth-order valence-corrected chi connectivity index (χ4v) is 4.40. The number of hydrogen-bond acceptors (Lipinski definition) is 4. The monoisotopic (exact) mass is 365 g/mol. The Labute approximate surface area is 157 Å². The SMILES string of the molecule is Cc1ccc(CNC(=O)[C@H]2CCCN(c3nc4ccccc4s3)C2)cc1. The normalized spacial score (nSPS) is 17.4. The predicted molar refractivity (Wildman–Crippen MR) is 108 cm³/mol. The van der Waals surface area contributed by atoms with Crippen molar-refractivity contribution in [2.45, 2.75) is 26.3 Å². The summed E-state index contributed by atoms with van der Waals surface area (Å²) < 4.78 is 1.20. The van der Waals surface area contributed by atoms with E-state index in [0.29, 0.717) is 6.54 Å². The molecule has 0 bridgehead atoms. The van der Waals surface area contributed by atoms with E-state index in [2.05, 4.69) is 47.5 Å². The lowest BCUT2D eigenvalue weighted by molar-refractivity contribution is -0.125. The number of anilines is 1. The van der Waals surface area contributed by atoms with E-state index in [1.165, 1.54) is 10.3 Å². The minimum absolute atomic E-state index is 0.0289. The quantitative estimate of drug-likeness (QED) is 0.756. The van der Waals surface area contributed by atoms with Crippen LogP contribution in [0.4, 0.5) is 5.13 Å². The van der Waals surface area contributed by atoms with E-state index in [0.717, 1.165) is 42.1 Å². The fraction of sp³-hybridized carbons (Fsp3) is 0.333. The van der Waals surface area contributed by atoms with Crippen molar-refractivity contribution in [2.75, 3.05) is 18.0 Å². The van der Waals surface area contributed by atoms with Crippen LogP contribution in [0.2, 0.25) is 0 Å². The molecule has 0 saturated carbocycles. The van der Waals surface area contributed by atoms with Crippen molar-refractivity contribution in [1.29, 1.82) is 0 Å². The molecule has 1 amide bonds. The molecule has 1 aromatic heterocycles. The molecule has 1 atom stereocenters. The van der Waals surface area contributed by atoms with Gasteiger partial charge in [-0.25, -0.2) is 4.98 Å². The van der Waals surface area contributed by atoms with Crippen LogP contribution in [0.1, 0.15) is 24.0 Å². The highest BCUT2D eigenvalue weighted by Crippen LogP contribution is 2.31. The van der Waals surface area contributed by atoms with E-state index in [1.54, 1.807) is 11.3 Å². The first-order chi connectivity index (χ1) is 12.7. The standard InChI is InChI=1S/C21H23N3OS/c1-15-8-10-16(11-9-15)13-22-20(25)17-5-4-12-24(14-17)21-23-18-6-2-3-7-19(18)26-21/h2-3,6-11,17H,4-5,12-14H2,1H3,(H,22,25)/t17-/m0/s1. The first-order valence-electron chi connectivity index (χ1n) is 9.13. The van der Waals surface area contributed by atoms with Gasteiger partial charge in [0.2, 0.25) is 5.91 Å². The van der Waals surface area contributed by atoms with Gasteiger partial charge in [0.25, 0.3) is 0 Å². The average Bonchev–Trinajstić information content (AvgIpc) is 3.12. The van der Waals surface area contributed by atoms with E-state index >= 15 is 0 Å². The number of hydrogen-bond donors (Lipinski definition) is 1. The Morgan fingerprint density at radius 1 is 1.23 bits per heavy atom. The summed E-state index contributed by atoms with van der Waals surface area (Å²) in [7, 11) is 0. The van der Waals surface area contributed by atoms with Gasteiger partial charge in [-0.1, -0.05) is 53.3 Å². The van der Waals surface area contributed by atoms with E-state index in [-0.39, 0.29) is 11.8 Å². The van der Waals surface area contributed by atoms with Crippen LogP contribution < -0.4 is 10.2 Å². The summed E-state index contributed by atoms with van der Waals surface area (Å²) in [5.74, 6) is 0.178. The van der Waals surface area contributed by atoms with Crippen LogP contribution in [0.25, 0.3) is 10.2 Å². The number of nitrogens with one attached hydrogen (secondary N) is 1. The highest BCUT2D eigenvalue weighted by atomic mass is 32.1. The molecule has 0 spiro atoms. The molecule has 4 nitrogen and oxygen atoms in total. The Morgan fingerprint density at radius 3 is 2.85 bits per heavy atom. The number of fused-ring (bicyclic) bond motifs is 1. The highest BCUT2D eigenvalue weighted by molar-refractivity contribution is 7.22. The second kappa shape index (κ2) is 7.46. The van der Waals surface area contributed by atoms with E-state index in [1.807, 2.05) is 18.2 Å². The van der Waals surface area contributed by atoms with Crippen molar-refractivity contribution >= 4 is 32.6 Å². The van der Waals surface area contributed by atoms with Crippen LogP contribution in [0, 0.1) is 12.8 Å². The molecule has 4 rings (SSSR count). The van der Waals surface area contributed by atoms with Gasteiger partial charge in [0.05, 0.1) is 16.1 Å².